The molecule has 33 heavy (non-hydrogen) atoms. The van der Waals surface area contributed by atoms with E-state index in [2.05, 4.69) is 5.32 Å². The van der Waals surface area contributed by atoms with Gasteiger partial charge in [0.25, 0.3) is 5.91 Å². The fraction of sp³-hybridized carbons (Fsp3) is 0.360. The monoisotopic (exact) mass is 487 g/mol. The summed E-state index contributed by atoms with van der Waals surface area (Å²) < 4.78 is 16.9. The lowest BCUT2D eigenvalue weighted by atomic mass is 9.95. The predicted molar refractivity (Wildman–Crippen MR) is 129 cm³/mol. The second-order valence-electron chi connectivity index (χ2n) is 7.95. The maximum Gasteiger partial charge on any atom is 0.341 e. The third-order valence-corrected chi connectivity index (χ3v) is 6.95. The molecule has 0 saturated heterocycles. The topological polar surface area (TPSA) is 77.8 Å². The van der Waals surface area contributed by atoms with Gasteiger partial charge >= 0.3 is 5.97 Å². The van der Waals surface area contributed by atoms with Gasteiger partial charge in [0.05, 0.1) is 17.2 Å². The van der Waals surface area contributed by atoms with E-state index >= 15 is 0 Å². The fourth-order valence-electron chi connectivity index (χ4n) is 3.82. The molecule has 8 heteroatoms. The molecular formula is C25H26ClNO5S. The highest BCUT2D eigenvalue weighted by atomic mass is 35.5. The van der Waals surface area contributed by atoms with Crippen molar-refractivity contribution in [3.63, 3.8) is 0 Å². The number of fused-ring (bicyclic) bond motifs is 1. The Morgan fingerprint density at radius 1 is 1.18 bits per heavy atom. The van der Waals surface area contributed by atoms with E-state index in [9.17, 15) is 9.59 Å². The molecule has 2 heterocycles. The Labute approximate surface area is 201 Å². The van der Waals surface area contributed by atoms with Crippen LogP contribution in [-0.2, 0) is 24.2 Å². The van der Waals surface area contributed by atoms with Crippen LogP contribution in [0.3, 0.4) is 0 Å². The molecule has 1 aromatic carbocycles. The Hall–Kier alpha value is -2.77. The SMILES string of the molecule is CCCOC(=O)c1c(NC(=O)c2ccc(COc3c(C)cccc3Cl)o2)sc2c1CCCC2. The van der Waals surface area contributed by atoms with Crippen molar-refractivity contribution in [3.8, 4) is 5.75 Å². The molecule has 6 nitrogen and oxygen atoms in total. The van der Waals surface area contributed by atoms with Crippen molar-refractivity contribution < 1.29 is 23.5 Å². The third-order valence-electron chi connectivity index (χ3n) is 5.45. The summed E-state index contributed by atoms with van der Waals surface area (Å²) in [6.45, 7) is 4.35. The minimum atomic E-state index is -0.418. The molecule has 0 spiro atoms. The molecule has 0 saturated carbocycles. The maximum atomic E-state index is 12.9. The van der Waals surface area contributed by atoms with Gasteiger partial charge in [-0.05, 0) is 68.4 Å². The summed E-state index contributed by atoms with van der Waals surface area (Å²) in [5.74, 6) is 0.422. The van der Waals surface area contributed by atoms with Crippen molar-refractivity contribution >= 4 is 39.8 Å². The number of carbonyl (C=O) groups excluding carboxylic acids is 2. The number of anilines is 1. The van der Waals surface area contributed by atoms with Crippen LogP contribution in [0.15, 0.2) is 34.7 Å². The normalized spacial score (nSPS) is 12.8. The first-order valence-corrected chi connectivity index (χ1v) is 12.3. The van der Waals surface area contributed by atoms with Gasteiger partial charge in [0.2, 0.25) is 0 Å². The van der Waals surface area contributed by atoms with E-state index in [1.54, 1.807) is 18.2 Å². The van der Waals surface area contributed by atoms with Gasteiger partial charge < -0.3 is 19.2 Å². The summed E-state index contributed by atoms with van der Waals surface area (Å²) in [6.07, 6.45) is 4.58. The molecule has 2 aromatic heterocycles. The van der Waals surface area contributed by atoms with Crippen LogP contribution < -0.4 is 10.1 Å². The van der Waals surface area contributed by atoms with Gasteiger partial charge in [0, 0.05) is 4.88 Å². The van der Waals surface area contributed by atoms with Crippen molar-refractivity contribution in [2.24, 2.45) is 0 Å². The number of amides is 1. The van der Waals surface area contributed by atoms with Crippen LogP contribution in [-0.4, -0.2) is 18.5 Å². The lowest BCUT2D eigenvalue weighted by Crippen LogP contribution is -2.15. The number of furan rings is 1. The van der Waals surface area contributed by atoms with Crippen LogP contribution in [0.5, 0.6) is 5.75 Å². The number of carbonyl (C=O) groups is 2. The number of hydrogen-bond acceptors (Lipinski definition) is 6. The molecule has 174 valence electrons. The molecule has 3 aromatic rings. The number of benzene rings is 1. The van der Waals surface area contributed by atoms with Crippen LogP contribution >= 0.6 is 22.9 Å². The summed E-state index contributed by atoms with van der Waals surface area (Å²) in [4.78, 5) is 26.8. The summed E-state index contributed by atoms with van der Waals surface area (Å²) in [5.41, 5.74) is 2.41. The van der Waals surface area contributed by atoms with E-state index in [-0.39, 0.29) is 18.3 Å². The molecule has 4 rings (SSSR count). The molecule has 1 amide bonds. The first kappa shape index (κ1) is 23.4. The fourth-order valence-corrected chi connectivity index (χ4v) is 5.37. The average molecular weight is 488 g/mol. The Balaban J connectivity index is 1.48. The Bertz CT molecular complexity index is 1150. The zero-order valence-electron chi connectivity index (χ0n) is 18.7. The number of thiophene rings is 1. The Morgan fingerprint density at radius 2 is 2.00 bits per heavy atom. The van der Waals surface area contributed by atoms with Gasteiger partial charge in [-0.25, -0.2) is 4.79 Å². The number of esters is 1. The Morgan fingerprint density at radius 3 is 2.79 bits per heavy atom. The number of hydrogen-bond donors (Lipinski definition) is 1. The van der Waals surface area contributed by atoms with E-state index in [0.29, 0.717) is 33.7 Å². The second kappa shape index (κ2) is 10.4. The van der Waals surface area contributed by atoms with Gasteiger partial charge in [-0.3, -0.25) is 4.79 Å². The molecule has 0 aliphatic heterocycles. The lowest BCUT2D eigenvalue weighted by Gasteiger charge is -2.12. The van der Waals surface area contributed by atoms with E-state index in [1.807, 2.05) is 26.0 Å². The van der Waals surface area contributed by atoms with Crippen LogP contribution in [0.25, 0.3) is 0 Å². The molecular weight excluding hydrogens is 462 g/mol. The number of ether oxygens (including phenoxy) is 2. The molecule has 0 bridgehead atoms. The molecule has 0 radical (unpaired) electrons. The molecule has 0 atom stereocenters. The molecule has 0 fully saturated rings. The summed E-state index contributed by atoms with van der Waals surface area (Å²) >= 11 is 7.65. The third kappa shape index (κ3) is 5.25. The van der Waals surface area contributed by atoms with Gasteiger partial charge in [-0.2, -0.15) is 0 Å². The van der Waals surface area contributed by atoms with Crippen LogP contribution in [0.4, 0.5) is 5.00 Å². The lowest BCUT2D eigenvalue weighted by molar-refractivity contribution is 0.0505. The van der Waals surface area contributed by atoms with Crippen LogP contribution in [0.1, 0.15) is 68.9 Å². The number of para-hydroxylation sites is 1. The van der Waals surface area contributed by atoms with Gasteiger partial charge in [0.1, 0.15) is 23.1 Å². The zero-order chi connectivity index (χ0) is 23.4. The van der Waals surface area contributed by atoms with Crippen LogP contribution in [0, 0.1) is 6.92 Å². The number of nitrogens with one attached hydrogen (secondary N) is 1. The van der Waals surface area contributed by atoms with E-state index in [0.717, 1.165) is 48.1 Å². The number of aryl methyl sites for hydroxylation is 2. The van der Waals surface area contributed by atoms with Crippen molar-refractivity contribution in [2.45, 2.75) is 52.6 Å². The number of rotatable bonds is 8. The standard InChI is InChI=1S/C25H26ClNO5S/c1-3-13-30-25(29)21-17-8-4-5-10-20(17)33-24(21)27-23(28)19-12-11-16(32-19)14-31-22-15(2)7-6-9-18(22)26/h6-7,9,11-12H,3-5,8,10,13-14H2,1-2H3,(H,27,28). The molecule has 1 aliphatic carbocycles. The minimum absolute atomic E-state index is 0.139. The molecule has 1 aliphatic rings. The molecule has 1 N–H and O–H groups in total. The van der Waals surface area contributed by atoms with Crippen molar-refractivity contribution in [2.75, 3.05) is 11.9 Å². The highest BCUT2D eigenvalue weighted by Gasteiger charge is 2.28. The van der Waals surface area contributed by atoms with E-state index in [1.165, 1.54) is 11.3 Å². The van der Waals surface area contributed by atoms with Gasteiger partial charge in [-0.1, -0.05) is 30.7 Å². The highest BCUT2D eigenvalue weighted by Crippen LogP contribution is 2.39. The van der Waals surface area contributed by atoms with Gasteiger partial charge in [0.15, 0.2) is 5.76 Å². The zero-order valence-corrected chi connectivity index (χ0v) is 20.2. The second-order valence-corrected chi connectivity index (χ2v) is 9.46. The predicted octanol–water partition coefficient (Wildman–Crippen LogP) is 6.58. The van der Waals surface area contributed by atoms with Crippen molar-refractivity contribution in [3.05, 3.63) is 68.4 Å². The maximum absolute atomic E-state index is 12.9. The first-order chi connectivity index (χ1) is 16.0. The summed E-state index contributed by atoms with van der Waals surface area (Å²) in [7, 11) is 0. The minimum Gasteiger partial charge on any atom is -0.484 e. The smallest absolute Gasteiger partial charge is 0.341 e. The average Bonchev–Trinajstić information content (AvgIpc) is 3.41. The van der Waals surface area contributed by atoms with Crippen LogP contribution in [0.2, 0.25) is 5.02 Å². The van der Waals surface area contributed by atoms with E-state index in [4.69, 9.17) is 25.5 Å². The van der Waals surface area contributed by atoms with E-state index < -0.39 is 5.91 Å². The highest BCUT2D eigenvalue weighted by molar-refractivity contribution is 7.17. The van der Waals surface area contributed by atoms with Crippen molar-refractivity contribution in [1.29, 1.82) is 0 Å². The first-order valence-electron chi connectivity index (χ1n) is 11.1. The van der Waals surface area contributed by atoms with Gasteiger partial charge in [-0.15, -0.1) is 11.3 Å². The van der Waals surface area contributed by atoms with Crippen molar-refractivity contribution in [1.82, 2.24) is 0 Å². The number of halogens is 1. The quantitative estimate of drug-likeness (QED) is 0.363. The molecule has 0 unspecified atom stereocenters. The Kier molecular flexibility index (Phi) is 7.40. The largest absolute Gasteiger partial charge is 0.484 e. The summed E-state index contributed by atoms with van der Waals surface area (Å²) in [5, 5.41) is 3.91. The summed E-state index contributed by atoms with van der Waals surface area (Å²) in [6, 6.07) is 8.81.